The molecule has 0 saturated heterocycles. The first kappa shape index (κ1) is 16.8. The molecule has 2 aromatic carbocycles. The Morgan fingerprint density at radius 2 is 1.92 bits per heavy atom. The first-order valence-corrected chi connectivity index (χ1v) is 9.23. The molecule has 0 unspecified atom stereocenters. The van der Waals surface area contributed by atoms with Crippen molar-refractivity contribution >= 4 is 11.6 Å². The van der Waals surface area contributed by atoms with Crippen LogP contribution in [0.3, 0.4) is 0 Å². The highest BCUT2D eigenvalue weighted by molar-refractivity contribution is 5.82. The van der Waals surface area contributed by atoms with Gasteiger partial charge in [-0.05, 0) is 42.7 Å². The molecule has 2 aromatic rings. The Morgan fingerprint density at radius 3 is 2.77 bits per heavy atom. The van der Waals surface area contributed by atoms with Gasteiger partial charge >= 0.3 is 0 Å². The standard InChI is InChI=1S/C21H24N2O3/c1-2-22(14-16-7-8-19-20(13-16)26-12-11-25-19)21(24)15-23-10-9-17-5-3-4-6-18(17)23/h3-8,13H,2,9-12,14-15H2,1H3. The summed E-state index contributed by atoms with van der Waals surface area (Å²) in [6.45, 7) is 5.78. The van der Waals surface area contributed by atoms with Gasteiger partial charge in [-0.3, -0.25) is 4.79 Å². The fourth-order valence-corrected chi connectivity index (χ4v) is 3.62. The fraction of sp³-hybridized carbons (Fsp3) is 0.381. The molecule has 0 N–H and O–H groups in total. The predicted molar refractivity (Wildman–Crippen MR) is 101 cm³/mol. The van der Waals surface area contributed by atoms with E-state index >= 15 is 0 Å². The maximum atomic E-state index is 12.9. The maximum absolute atomic E-state index is 12.9. The van der Waals surface area contributed by atoms with Gasteiger partial charge < -0.3 is 19.3 Å². The molecule has 0 atom stereocenters. The second-order valence-corrected chi connectivity index (χ2v) is 6.69. The van der Waals surface area contributed by atoms with Gasteiger partial charge in [-0.2, -0.15) is 0 Å². The van der Waals surface area contributed by atoms with Crippen LogP contribution in [0.1, 0.15) is 18.1 Å². The van der Waals surface area contributed by atoms with E-state index in [-0.39, 0.29) is 5.91 Å². The summed E-state index contributed by atoms with van der Waals surface area (Å²) >= 11 is 0. The van der Waals surface area contributed by atoms with E-state index in [1.54, 1.807) is 0 Å². The van der Waals surface area contributed by atoms with E-state index in [0.29, 0.717) is 32.8 Å². The van der Waals surface area contributed by atoms with Gasteiger partial charge in [-0.1, -0.05) is 24.3 Å². The summed E-state index contributed by atoms with van der Waals surface area (Å²) in [7, 11) is 0. The molecule has 0 saturated carbocycles. The molecule has 2 aliphatic rings. The summed E-state index contributed by atoms with van der Waals surface area (Å²) < 4.78 is 11.2. The smallest absolute Gasteiger partial charge is 0.242 e. The van der Waals surface area contributed by atoms with E-state index in [0.717, 1.165) is 30.0 Å². The van der Waals surface area contributed by atoms with Gasteiger partial charge in [0.05, 0.1) is 6.54 Å². The van der Waals surface area contributed by atoms with Crippen molar-refractivity contribution in [2.45, 2.75) is 19.9 Å². The number of hydrogen-bond donors (Lipinski definition) is 0. The SMILES string of the molecule is CCN(Cc1ccc2c(c1)OCCO2)C(=O)CN1CCc2ccccc21. The van der Waals surface area contributed by atoms with Crippen molar-refractivity contribution in [1.82, 2.24) is 4.90 Å². The van der Waals surface area contributed by atoms with Crippen LogP contribution in [0.5, 0.6) is 11.5 Å². The quantitative estimate of drug-likeness (QED) is 0.830. The monoisotopic (exact) mass is 352 g/mol. The van der Waals surface area contributed by atoms with Crippen LogP contribution in [0.2, 0.25) is 0 Å². The van der Waals surface area contributed by atoms with Crippen molar-refractivity contribution in [3.8, 4) is 11.5 Å². The van der Waals surface area contributed by atoms with Crippen LogP contribution in [0.4, 0.5) is 5.69 Å². The minimum atomic E-state index is 0.152. The topological polar surface area (TPSA) is 42.0 Å². The predicted octanol–water partition coefficient (Wildman–Crippen LogP) is 2.87. The van der Waals surface area contributed by atoms with Crippen molar-refractivity contribution in [3.63, 3.8) is 0 Å². The molecule has 5 heteroatoms. The highest BCUT2D eigenvalue weighted by atomic mass is 16.6. The zero-order valence-electron chi connectivity index (χ0n) is 15.1. The molecular weight excluding hydrogens is 328 g/mol. The molecule has 2 heterocycles. The molecule has 0 aliphatic carbocycles. The van der Waals surface area contributed by atoms with E-state index in [2.05, 4.69) is 23.1 Å². The Hall–Kier alpha value is -2.69. The molecule has 0 fully saturated rings. The summed E-state index contributed by atoms with van der Waals surface area (Å²) in [5, 5.41) is 0. The number of para-hydroxylation sites is 1. The molecule has 0 aromatic heterocycles. The van der Waals surface area contributed by atoms with Crippen molar-refractivity contribution in [1.29, 1.82) is 0 Å². The van der Waals surface area contributed by atoms with Crippen LogP contribution in [0, 0.1) is 0 Å². The zero-order chi connectivity index (χ0) is 17.9. The number of carbonyl (C=O) groups is 1. The van der Waals surface area contributed by atoms with E-state index in [1.165, 1.54) is 11.3 Å². The molecule has 136 valence electrons. The van der Waals surface area contributed by atoms with E-state index in [9.17, 15) is 4.79 Å². The Morgan fingerprint density at radius 1 is 1.12 bits per heavy atom. The van der Waals surface area contributed by atoms with E-state index in [4.69, 9.17) is 9.47 Å². The molecule has 5 nitrogen and oxygen atoms in total. The molecule has 0 bridgehead atoms. The van der Waals surface area contributed by atoms with Gasteiger partial charge in [-0.15, -0.1) is 0 Å². The number of ether oxygens (including phenoxy) is 2. The zero-order valence-corrected chi connectivity index (χ0v) is 15.1. The molecule has 26 heavy (non-hydrogen) atoms. The van der Waals surface area contributed by atoms with Crippen LogP contribution >= 0.6 is 0 Å². The normalized spacial score (nSPS) is 14.9. The lowest BCUT2D eigenvalue weighted by Crippen LogP contribution is -2.39. The summed E-state index contributed by atoms with van der Waals surface area (Å²) in [6.07, 6.45) is 1.01. The first-order chi connectivity index (χ1) is 12.7. The third kappa shape index (κ3) is 3.34. The molecule has 4 rings (SSSR count). The van der Waals surface area contributed by atoms with Gasteiger partial charge in [0.1, 0.15) is 13.2 Å². The Balaban J connectivity index is 1.43. The summed E-state index contributed by atoms with van der Waals surface area (Å²) in [5.41, 5.74) is 3.58. The van der Waals surface area contributed by atoms with Crippen LogP contribution in [0.25, 0.3) is 0 Å². The number of benzene rings is 2. The van der Waals surface area contributed by atoms with Crippen molar-refractivity contribution in [2.24, 2.45) is 0 Å². The van der Waals surface area contributed by atoms with Gasteiger partial charge in [0.2, 0.25) is 5.91 Å². The number of likely N-dealkylation sites (N-methyl/N-ethyl adjacent to an activating group) is 1. The average Bonchev–Trinajstić information content (AvgIpc) is 3.09. The van der Waals surface area contributed by atoms with E-state index < -0.39 is 0 Å². The molecule has 0 spiro atoms. The minimum absolute atomic E-state index is 0.152. The van der Waals surface area contributed by atoms with E-state index in [1.807, 2.05) is 36.1 Å². The number of hydrogen-bond acceptors (Lipinski definition) is 4. The molecular formula is C21H24N2O3. The third-order valence-corrected chi connectivity index (χ3v) is 5.02. The maximum Gasteiger partial charge on any atom is 0.242 e. The van der Waals surface area contributed by atoms with Gasteiger partial charge in [0, 0.05) is 25.3 Å². The van der Waals surface area contributed by atoms with Crippen LogP contribution in [-0.2, 0) is 17.8 Å². The number of fused-ring (bicyclic) bond motifs is 2. The Kier molecular flexibility index (Phi) is 4.69. The van der Waals surface area contributed by atoms with Crippen molar-refractivity contribution in [3.05, 3.63) is 53.6 Å². The highest BCUT2D eigenvalue weighted by Gasteiger charge is 2.23. The lowest BCUT2D eigenvalue weighted by atomic mass is 10.1. The lowest BCUT2D eigenvalue weighted by molar-refractivity contribution is -0.130. The second kappa shape index (κ2) is 7.28. The minimum Gasteiger partial charge on any atom is -0.486 e. The molecule has 2 aliphatic heterocycles. The number of carbonyl (C=O) groups excluding carboxylic acids is 1. The first-order valence-electron chi connectivity index (χ1n) is 9.23. The number of nitrogens with zero attached hydrogens (tertiary/aromatic N) is 2. The average molecular weight is 352 g/mol. The second-order valence-electron chi connectivity index (χ2n) is 6.69. The fourth-order valence-electron chi connectivity index (χ4n) is 3.62. The number of amides is 1. The van der Waals surface area contributed by atoms with Gasteiger partial charge in [0.25, 0.3) is 0 Å². The van der Waals surface area contributed by atoms with Crippen LogP contribution in [-0.4, -0.2) is 43.7 Å². The summed E-state index contributed by atoms with van der Waals surface area (Å²) in [5.74, 6) is 1.70. The van der Waals surface area contributed by atoms with Crippen molar-refractivity contribution in [2.75, 3.05) is 37.7 Å². The Bertz CT molecular complexity index is 806. The summed E-state index contributed by atoms with van der Waals surface area (Å²) in [6, 6.07) is 14.3. The largest absolute Gasteiger partial charge is 0.486 e. The number of anilines is 1. The number of rotatable bonds is 5. The van der Waals surface area contributed by atoms with Crippen molar-refractivity contribution < 1.29 is 14.3 Å². The Labute approximate surface area is 154 Å². The van der Waals surface area contributed by atoms with Crippen LogP contribution < -0.4 is 14.4 Å². The highest BCUT2D eigenvalue weighted by Crippen LogP contribution is 2.31. The molecule has 1 amide bonds. The lowest BCUT2D eigenvalue weighted by Gasteiger charge is -2.26. The van der Waals surface area contributed by atoms with Gasteiger partial charge in [0.15, 0.2) is 11.5 Å². The van der Waals surface area contributed by atoms with Crippen LogP contribution in [0.15, 0.2) is 42.5 Å². The summed E-state index contributed by atoms with van der Waals surface area (Å²) in [4.78, 5) is 16.9. The van der Waals surface area contributed by atoms with Gasteiger partial charge in [-0.25, -0.2) is 0 Å². The third-order valence-electron chi connectivity index (χ3n) is 5.02. The molecule has 0 radical (unpaired) electrons.